The first kappa shape index (κ1) is 13.1. The third kappa shape index (κ3) is 2.09. The van der Waals surface area contributed by atoms with E-state index in [4.69, 9.17) is 4.74 Å². The molecule has 2 fully saturated rings. The van der Waals surface area contributed by atoms with Gasteiger partial charge in [0.1, 0.15) is 0 Å². The minimum absolute atomic E-state index is 0. The fourth-order valence-corrected chi connectivity index (χ4v) is 2.66. The van der Waals surface area contributed by atoms with Crippen LogP contribution >= 0.6 is 0 Å². The maximum atomic E-state index is 6.00. The van der Waals surface area contributed by atoms with Gasteiger partial charge < -0.3 is 9.64 Å². The van der Waals surface area contributed by atoms with Crippen molar-refractivity contribution in [3.8, 4) is 0 Å². The van der Waals surface area contributed by atoms with Crippen LogP contribution in [-0.4, -0.2) is 36.7 Å². The van der Waals surface area contributed by atoms with E-state index in [0.29, 0.717) is 6.04 Å². The zero-order valence-corrected chi connectivity index (χ0v) is 12.4. The molecule has 0 radical (unpaired) electrons. The third-order valence-corrected chi connectivity index (χ3v) is 3.86. The van der Waals surface area contributed by atoms with Crippen LogP contribution in [0.2, 0.25) is 0 Å². The van der Waals surface area contributed by atoms with Gasteiger partial charge >= 0.3 is 32.7 Å². The number of hydrogen-bond acceptors (Lipinski definition) is 2. The Morgan fingerprint density at radius 2 is 2.14 bits per heavy atom. The van der Waals surface area contributed by atoms with Crippen molar-refractivity contribution in [2.24, 2.45) is 0 Å². The minimum atomic E-state index is 0. The first-order chi connectivity index (χ1) is 6.16. The van der Waals surface area contributed by atoms with E-state index in [2.05, 4.69) is 25.8 Å². The molecular formula is C11H20NOY+2. The minimum Gasteiger partial charge on any atom is -0.405 e. The molecule has 2 rings (SSSR count). The van der Waals surface area contributed by atoms with E-state index in [-0.39, 0.29) is 38.3 Å². The quantitative estimate of drug-likeness (QED) is 0.623. The Hall–Kier alpha value is 1.02. The standard InChI is InChI=1S/C11H20NO.Y/c1-9-10(2)12(3)8-11(9)6-4-5-7-13-11;/h10H,4-8H2,1-3H3;/q-1;+3. The molecule has 0 aromatic carbocycles. The van der Waals surface area contributed by atoms with Crippen molar-refractivity contribution in [3.63, 3.8) is 0 Å². The summed E-state index contributed by atoms with van der Waals surface area (Å²) >= 11 is 0. The van der Waals surface area contributed by atoms with Crippen LogP contribution < -0.4 is 0 Å². The summed E-state index contributed by atoms with van der Waals surface area (Å²) in [6, 6.07) is 0.595. The van der Waals surface area contributed by atoms with Gasteiger partial charge in [0.2, 0.25) is 0 Å². The molecule has 2 saturated heterocycles. The van der Waals surface area contributed by atoms with E-state index >= 15 is 0 Å². The van der Waals surface area contributed by atoms with Gasteiger partial charge in [-0.25, -0.2) is 0 Å². The third-order valence-electron chi connectivity index (χ3n) is 3.86. The molecule has 0 amide bonds. The molecule has 2 unspecified atom stereocenters. The summed E-state index contributed by atoms with van der Waals surface area (Å²) in [6.45, 7) is 6.60. The predicted octanol–water partition coefficient (Wildman–Crippen LogP) is 1.85. The topological polar surface area (TPSA) is 12.5 Å². The Balaban J connectivity index is 0.000000980. The molecule has 0 saturated carbocycles. The van der Waals surface area contributed by atoms with Crippen LogP contribution in [0.3, 0.4) is 0 Å². The SMILES string of the molecule is C[C-]1C(C)N(C)CC12CCCCO2.[Y+3]. The molecule has 1 spiro atoms. The predicted molar refractivity (Wildman–Crippen MR) is 53.5 cm³/mol. The Labute approximate surface area is 113 Å². The van der Waals surface area contributed by atoms with Crippen molar-refractivity contribution in [3.05, 3.63) is 5.92 Å². The molecular weight excluding hydrogens is 251 g/mol. The summed E-state index contributed by atoms with van der Waals surface area (Å²) < 4.78 is 6.00. The second-order valence-electron chi connectivity index (χ2n) is 4.57. The van der Waals surface area contributed by atoms with Crippen molar-refractivity contribution in [1.29, 1.82) is 0 Å². The van der Waals surface area contributed by atoms with E-state index < -0.39 is 0 Å². The molecule has 2 heterocycles. The number of likely N-dealkylation sites (tertiary alicyclic amines) is 1. The molecule has 14 heavy (non-hydrogen) atoms. The average Bonchev–Trinajstić information content (AvgIpc) is 2.33. The maximum absolute atomic E-state index is 6.00. The monoisotopic (exact) mass is 271 g/mol. The van der Waals surface area contributed by atoms with Crippen molar-refractivity contribution in [2.75, 3.05) is 20.2 Å². The fraction of sp³-hybridized carbons (Fsp3) is 0.909. The molecule has 0 aromatic rings. The van der Waals surface area contributed by atoms with Crippen LogP contribution in [0.5, 0.6) is 0 Å². The Kier molecular flexibility index (Phi) is 4.59. The van der Waals surface area contributed by atoms with Crippen molar-refractivity contribution in [1.82, 2.24) is 4.90 Å². The molecule has 0 aromatic heterocycles. The van der Waals surface area contributed by atoms with E-state index in [0.717, 1.165) is 13.2 Å². The number of ether oxygens (including phenoxy) is 1. The Bertz CT molecular complexity index is 192. The second kappa shape index (κ2) is 4.90. The molecule has 76 valence electrons. The second-order valence-corrected chi connectivity index (χ2v) is 4.57. The van der Waals surface area contributed by atoms with Crippen molar-refractivity contribution < 1.29 is 37.4 Å². The van der Waals surface area contributed by atoms with Crippen LogP contribution in [0.1, 0.15) is 33.1 Å². The first-order valence-corrected chi connectivity index (χ1v) is 5.34. The molecule has 2 aliphatic heterocycles. The van der Waals surface area contributed by atoms with Gasteiger partial charge in [-0.1, -0.05) is 19.8 Å². The summed E-state index contributed by atoms with van der Waals surface area (Å²) in [7, 11) is 2.20. The number of rotatable bonds is 0. The fourth-order valence-electron chi connectivity index (χ4n) is 2.66. The van der Waals surface area contributed by atoms with E-state index in [1.807, 2.05) is 0 Å². The zero-order valence-electron chi connectivity index (χ0n) is 9.55. The molecule has 3 heteroatoms. The Morgan fingerprint density at radius 3 is 2.57 bits per heavy atom. The Morgan fingerprint density at radius 1 is 1.43 bits per heavy atom. The number of hydrogen-bond donors (Lipinski definition) is 0. The molecule has 2 nitrogen and oxygen atoms in total. The van der Waals surface area contributed by atoms with E-state index in [1.165, 1.54) is 25.2 Å². The maximum Gasteiger partial charge on any atom is 3.00 e. The summed E-state index contributed by atoms with van der Waals surface area (Å²) in [6.07, 6.45) is 3.80. The van der Waals surface area contributed by atoms with Gasteiger partial charge in [-0.2, -0.15) is 6.92 Å². The van der Waals surface area contributed by atoms with Crippen molar-refractivity contribution in [2.45, 2.75) is 44.8 Å². The van der Waals surface area contributed by atoms with E-state index in [1.54, 1.807) is 0 Å². The summed E-state index contributed by atoms with van der Waals surface area (Å²) in [5.74, 6) is 1.54. The normalized spacial score (nSPS) is 40.1. The average molecular weight is 271 g/mol. The number of nitrogens with zero attached hydrogens (tertiary/aromatic N) is 1. The van der Waals surface area contributed by atoms with Crippen LogP contribution in [0.15, 0.2) is 0 Å². The largest absolute Gasteiger partial charge is 3.00 e. The molecule has 0 bridgehead atoms. The molecule has 2 aliphatic rings. The van der Waals surface area contributed by atoms with Gasteiger partial charge in [0.25, 0.3) is 0 Å². The van der Waals surface area contributed by atoms with Gasteiger partial charge in [0.15, 0.2) is 0 Å². The summed E-state index contributed by atoms with van der Waals surface area (Å²) in [4.78, 5) is 2.40. The van der Waals surface area contributed by atoms with Gasteiger partial charge in [-0.3, -0.25) is 5.92 Å². The summed E-state index contributed by atoms with van der Waals surface area (Å²) in [5.41, 5.74) is 0.117. The summed E-state index contributed by atoms with van der Waals surface area (Å²) in [5, 5.41) is 0. The smallest absolute Gasteiger partial charge is 0.405 e. The molecule has 0 aliphatic carbocycles. The van der Waals surface area contributed by atoms with Crippen molar-refractivity contribution >= 4 is 0 Å². The van der Waals surface area contributed by atoms with Crippen LogP contribution in [0.25, 0.3) is 0 Å². The van der Waals surface area contributed by atoms with Gasteiger partial charge in [0.05, 0.1) is 0 Å². The van der Waals surface area contributed by atoms with E-state index in [9.17, 15) is 0 Å². The zero-order chi connectivity index (χ0) is 9.47. The van der Waals surface area contributed by atoms with Gasteiger partial charge in [-0.05, 0) is 25.6 Å². The van der Waals surface area contributed by atoms with Crippen LogP contribution in [0, 0.1) is 5.92 Å². The van der Waals surface area contributed by atoms with Gasteiger partial charge in [-0.15, -0.1) is 6.04 Å². The van der Waals surface area contributed by atoms with Crippen LogP contribution in [0.4, 0.5) is 0 Å². The number of likely N-dealkylation sites (N-methyl/N-ethyl adjacent to an activating group) is 1. The van der Waals surface area contributed by atoms with Gasteiger partial charge in [0, 0.05) is 6.61 Å². The van der Waals surface area contributed by atoms with Crippen LogP contribution in [-0.2, 0) is 37.4 Å². The first-order valence-electron chi connectivity index (χ1n) is 5.34. The molecule has 0 N–H and O–H groups in total. The molecule has 2 atom stereocenters.